The van der Waals surface area contributed by atoms with Crippen molar-refractivity contribution in [3.05, 3.63) is 85.1 Å². The fraction of sp³-hybridized carbons (Fsp3) is 0.583. The summed E-state index contributed by atoms with van der Waals surface area (Å²) in [5.41, 5.74) is 0. The number of unbranched alkanes of at least 4 members (excludes halogenated alkanes) is 8. The fourth-order valence-electron chi connectivity index (χ4n) is 4.03. The van der Waals surface area contributed by atoms with E-state index >= 15 is 0 Å². The number of nitrogens with one attached hydrogen (secondary N) is 1. The number of aliphatic hydroxyl groups is 2. The molecule has 3 N–H and O–H groups in total. The summed E-state index contributed by atoms with van der Waals surface area (Å²) < 4.78 is 0. The minimum atomic E-state index is -0.877. The van der Waals surface area contributed by atoms with E-state index in [1.54, 1.807) is 6.08 Å². The Morgan fingerprint density at radius 3 is 1.75 bits per heavy atom. The van der Waals surface area contributed by atoms with Crippen molar-refractivity contribution in [3.63, 3.8) is 0 Å². The first kappa shape index (κ1) is 37.6. The van der Waals surface area contributed by atoms with E-state index in [4.69, 9.17) is 0 Å². The predicted molar refractivity (Wildman–Crippen MR) is 174 cm³/mol. The van der Waals surface area contributed by atoms with Crippen LogP contribution in [0.4, 0.5) is 0 Å². The van der Waals surface area contributed by atoms with Gasteiger partial charge in [0.05, 0.1) is 18.8 Å². The molecule has 0 heterocycles. The third kappa shape index (κ3) is 27.1. The van der Waals surface area contributed by atoms with Gasteiger partial charge in [-0.15, -0.1) is 0 Å². The second-order valence-electron chi connectivity index (χ2n) is 10.1. The third-order valence-electron chi connectivity index (χ3n) is 6.43. The molecule has 0 aliphatic rings. The molecule has 0 fully saturated rings. The standard InChI is InChI=1S/C36H59NO3/c1-3-5-7-9-11-13-14-15-16-17-18-19-20-21-22-24-26-28-30-32-36(40)37-34(33-38)35(39)31-29-27-25-23-12-10-8-6-4-2/h4-7,11-13,15-16,18-19,23,29,31,34-35,38-39H,3,8-10,14,17,20-22,24-28,30,32-33H2,1-2H3,(H,37,40)/b6-4+,7-5-,13-11-,16-15-,19-18-,23-12+,31-29+. The summed E-state index contributed by atoms with van der Waals surface area (Å²) in [5.74, 6) is -0.102. The molecule has 2 atom stereocenters. The van der Waals surface area contributed by atoms with Gasteiger partial charge in [0.25, 0.3) is 0 Å². The van der Waals surface area contributed by atoms with Crippen LogP contribution < -0.4 is 5.32 Å². The summed E-state index contributed by atoms with van der Waals surface area (Å²) in [6.07, 6.45) is 45.3. The summed E-state index contributed by atoms with van der Waals surface area (Å²) >= 11 is 0. The Hall–Kier alpha value is -2.43. The highest BCUT2D eigenvalue weighted by Crippen LogP contribution is 2.10. The molecule has 40 heavy (non-hydrogen) atoms. The molecule has 0 bridgehead atoms. The van der Waals surface area contributed by atoms with Crippen molar-refractivity contribution in [2.75, 3.05) is 6.61 Å². The maximum absolute atomic E-state index is 12.2. The van der Waals surface area contributed by atoms with Crippen LogP contribution in [-0.2, 0) is 4.79 Å². The first-order valence-corrected chi connectivity index (χ1v) is 15.8. The number of aliphatic hydroxyl groups excluding tert-OH is 2. The van der Waals surface area contributed by atoms with Crippen LogP contribution in [0.2, 0.25) is 0 Å². The first-order valence-electron chi connectivity index (χ1n) is 15.8. The lowest BCUT2D eigenvalue weighted by molar-refractivity contribution is -0.123. The lowest BCUT2D eigenvalue weighted by Gasteiger charge is -2.19. The molecule has 0 aromatic heterocycles. The number of hydrogen-bond donors (Lipinski definition) is 3. The molecule has 0 saturated heterocycles. The van der Waals surface area contributed by atoms with Gasteiger partial charge >= 0.3 is 0 Å². The van der Waals surface area contributed by atoms with Crippen molar-refractivity contribution in [1.82, 2.24) is 5.32 Å². The normalized spacial score (nSPS) is 14.4. The van der Waals surface area contributed by atoms with Crippen LogP contribution in [0.25, 0.3) is 0 Å². The SMILES string of the molecule is C/C=C/CC/C=C/CC/C=C/C(O)C(CO)NC(=O)CCCCCCCC/C=C\C/C=C\C/C=C\C/C=C\CC. The van der Waals surface area contributed by atoms with Crippen molar-refractivity contribution in [1.29, 1.82) is 0 Å². The Morgan fingerprint density at radius 2 is 1.15 bits per heavy atom. The molecule has 4 nitrogen and oxygen atoms in total. The largest absolute Gasteiger partial charge is 0.394 e. The lowest BCUT2D eigenvalue weighted by atomic mass is 10.1. The zero-order valence-electron chi connectivity index (χ0n) is 25.6. The van der Waals surface area contributed by atoms with Gasteiger partial charge in [-0.25, -0.2) is 0 Å². The molecule has 0 saturated carbocycles. The lowest BCUT2D eigenvalue weighted by Crippen LogP contribution is -2.45. The van der Waals surface area contributed by atoms with Crippen LogP contribution >= 0.6 is 0 Å². The van der Waals surface area contributed by atoms with Gasteiger partial charge in [-0.1, -0.05) is 118 Å². The second kappa shape index (κ2) is 31.1. The van der Waals surface area contributed by atoms with E-state index in [-0.39, 0.29) is 12.5 Å². The average Bonchev–Trinajstić information content (AvgIpc) is 2.96. The zero-order valence-corrected chi connectivity index (χ0v) is 25.6. The number of hydrogen-bond acceptors (Lipinski definition) is 3. The van der Waals surface area contributed by atoms with Crippen LogP contribution in [0.15, 0.2) is 85.1 Å². The van der Waals surface area contributed by atoms with E-state index in [9.17, 15) is 15.0 Å². The molecule has 2 unspecified atom stereocenters. The van der Waals surface area contributed by atoms with Crippen molar-refractivity contribution >= 4 is 5.91 Å². The molecule has 0 aliphatic heterocycles. The summed E-state index contributed by atoms with van der Waals surface area (Å²) in [6.45, 7) is 3.91. The van der Waals surface area contributed by atoms with Crippen molar-refractivity contribution in [2.45, 2.75) is 129 Å². The molecular formula is C36H59NO3. The summed E-state index contributed by atoms with van der Waals surface area (Å²) in [4.78, 5) is 12.2. The highest BCUT2D eigenvalue weighted by molar-refractivity contribution is 5.76. The summed E-state index contributed by atoms with van der Waals surface area (Å²) in [6, 6.07) is -0.654. The van der Waals surface area contributed by atoms with Crippen LogP contribution in [0, 0.1) is 0 Å². The van der Waals surface area contributed by atoms with Crippen molar-refractivity contribution < 1.29 is 15.0 Å². The highest BCUT2D eigenvalue weighted by Gasteiger charge is 2.17. The van der Waals surface area contributed by atoms with Crippen LogP contribution in [0.1, 0.15) is 117 Å². The van der Waals surface area contributed by atoms with Crippen LogP contribution in [0.3, 0.4) is 0 Å². The molecule has 0 spiro atoms. The summed E-state index contributed by atoms with van der Waals surface area (Å²) in [7, 11) is 0. The van der Waals surface area contributed by atoms with E-state index in [1.165, 1.54) is 19.3 Å². The van der Waals surface area contributed by atoms with Gasteiger partial charge in [0, 0.05) is 6.42 Å². The molecule has 0 aliphatic carbocycles. The van der Waals surface area contributed by atoms with E-state index in [2.05, 4.69) is 85.2 Å². The summed E-state index contributed by atoms with van der Waals surface area (Å²) in [5, 5.41) is 22.7. The van der Waals surface area contributed by atoms with Gasteiger partial charge in [-0.2, -0.15) is 0 Å². The fourth-order valence-corrected chi connectivity index (χ4v) is 4.03. The minimum Gasteiger partial charge on any atom is -0.394 e. The van der Waals surface area contributed by atoms with Gasteiger partial charge in [-0.05, 0) is 77.6 Å². The number of rotatable bonds is 26. The van der Waals surface area contributed by atoms with Gasteiger partial charge < -0.3 is 15.5 Å². The highest BCUT2D eigenvalue weighted by atomic mass is 16.3. The molecule has 1 amide bonds. The van der Waals surface area contributed by atoms with E-state index in [0.717, 1.165) is 77.0 Å². The Labute approximate surface area is 246 Å². The molecule has 4 heteroatoms. The molecular weight excluding hydrogens is 494 g/mol. The average molecular weight is 554 g/mol. The van der Waals surface area contributed by atoms with E-state index in [0.29, 0.717) is 6.42 Å². The van der Waals surface area contributed by atoms with Gasteiger partial charge in [0.2, 0.25) is 5.91 Å². The quantitative estimate of drug-likeness (QED) is 0.0739. The maximum atomic E-state index is 12.2. The topological polar surface area (TPSA) is 69.6 Å². The second-order valence-corrected chi connectivity index (χ2v) is 10.1. The Kier molecular flexibility index (Phi) is 29.2. The Morgan fingerprint density at radius 1 is 0.650 bits per heavy atom. The van der Waals surface area contributed by atoms with E-state index < -0.39 is 12.1 Å². The van der Waals surface area contributed by atoms with Gasteiger partial charge in [0.1, 0.15) is 0 Å². The smallest absolute Gasteiger partial charge is 0.220 e. The van der Waals surface area contributed by atoms with Gasteiger partial charge in [0.15, 0.2) is 0 Å². The van der Waals surface area contributed by atoms with Crippen molar-refractivity contribution in [3.8, 4) is 0 Å². The van der Waals surface area contributed by atoms with Crippen molar-refractivity contribution in [2.24, 2.45) is 0 Å². The monoisotopic (exact) mass is 553 g/mol. The molecule has 0 radical (unpaired) electrons. The predicted octanol–water partition coefficient (Wildman–Crippen LogP) is 9.00. The molecule has 0 rings (SSSR count). The van der Waals surface area contributed by atoms with Gasteiger partial charge in [-0.3, -0.25) is 4.79 Å². The Balaban J connectivity index is 3.75. The zero-order chi connectivity index (χ0) is 29.4. The first-order chi connectivity index (χ1) is 19.7. The molecule has 0 aromatic carbocycles. The number of carbonyl (C=O) groups is 1. The molecule has 226 valence electrons. The molecule has 0 aromatic rings. The number of carbonyl (C=O) groups excluding carboxylic acids is 1. The Bertz CT molecular complexity index is 773. The number of amides is 1. The van der Waals surface area contributed by atoms with Crippen LogP contribution in [-0.4, -0.2) is 34.9 Å². The third-order valence-corrected chi connectivity index (χ3v) is 6.43. The maximum Gasteiger partial charge on any atom is 0.220 e. The van der Waals surface area contributed by atoms with E-state index in [1.807, 2.05) is 13.0 Å². The number of allylic oxidation sites excluding steroid dienone is 13. The van der Waals surface area contributed by atoms with Crippen LogP contribution in [0.5, 0.6) is 0 Å². The minimum absolute atomic E-state index is 0.102.